The normalized spacial score (nSPS) is 10.1. The fraction of sp³-hybridized carbons (Fsp3) is 0. The van der Waals surface area contributed by atoms with Crippen molar-refractivity contribution in [3.63, 3.8) is 0 Å². The van der Waals surface area contributed by atoms with Crippen LogP contribution in [0.2, 0.25) is 0 Å². The summed E-state index contributed by atoms with van der Waals surface area (Å²) in [5.74, 6) is 0.0142. The molecule has 0 bridgehead atoms. The van der Waals surface area contributed by atoms with Crippen molar-refractivity contribution in [1.82, 2.24) is 0 Å². The van der Waals surface area contributed by atoms with Crippen molar-refractivity contribution in [1.29, 1.82) is 0 Å². The third-order valence-electron chi connectivity index (χ3n) is 1.80. The maximum Gasteiger partial charge on any atom is 1.00 e. The van der Waals surface area contributed by atoms with E-state index in [1.54, 1.807) is 29.5 Å². The van der Waals surface area contributed by atoms with E-state index in [0.717, 1.165) is 4.88 Å². The van der Waals surface area contributed by atoms with Crippen LogP contribution < -0.4 is 29.0 Å². The van der Waals surface area contributed by atoms with Gasteiger partial charge in [0.2, 0.25) is 0 Å². The van der Waals surface area contributed by atoms with E-state index in [1.807, 2.05) is 29.8 Å². The number of hydrogen-bond donors (Lipinski definition) is 1. The van der Waals surface area contributed by atoms with E-state index in [-0.39, 0.29) is 24.6 Å². The summed E-state index contributed by atoms with van der Waals surface area (Å²) in [6.45, 7) is 0. The Hall–Kier alpha value is -1.01. The molecule has 0 fully saturated rings. The van der Waals surface area contributed by atoms with Crippen molar-refractivity contribution in [2.24, 2.45) is 0 Å². The largest absolute Gasteiger partial charge is 1.00 e. The van der Waals surface area contributed by atoms with Crippen molar-refractivity contribution in [3.05, 3.63) is 46.7 Å². The molecule has 1 heterocycles. The summed E-state index contributed by atoms with van der Waals surface area (Å²) in [5.41, 5.74) is 0.612. The van der Waals surface area contributed by atoms with Crippen LogP contribution in [0.25, 0.3) is 0 Å². The Kier molecular flexibility index (Phi) is 4.64. The van der Waals surface area contributed by atoms with Gasteiger partial charge in [0.15, 0.2) is 11.9 Å². The standard InChI is InChI=1S/C11H9NOS.Li/c13-11-6-2-1-5-10(11)12-8-9-4-3-7-14-9;/h1-8,13H;/q;+1. The van der Waals surface area contributed by atoms with E-state index >= 15 is 0 Å². The van der Waals surface area contributed by atoms with Gasteiger partial charge in [0.1, 0.15) is 0 Å². The number of thiophene rings is 1. The molecular weight excluding hydrogens is 201 g/mol. The third-order valence-corrected chi connectivity index (χ3v) is 2.62. The van der Waals surface area contributed by atoms with Gasteiger partial charge in [0.25, 0.3) is 0 Å². The zero-order chi connectivity index (χ0) is 9.80. The van der Waals surface area contributed by atoms with E-state index < -0.39 is 0 Å². The Morgan fingerprint density at radius 1 is 1.13 bits per heavy atom. The van der Waals surface area contributed by atoms with Gasteiger partial charge in [-0.1, -0.05) is 24.3 Å². The first-order valence-corrected chi connectivity index (χ1v) is 5.13. The molecule has 1 aromatic heterocycles. The van der Waals surface area contributed by atoms with E-state index in [2.05, 4.69) is 4.99 Å². The van der Waals surface area contributed by atoms with Gasteiger partial charge in [0, 0.05) is 6.07 Å². The molecule has 2 rings (SSSR count). The molecule has 0 amide bonds. The van der Waals surface area contributed by atoms with Gasteiger partial charge < -0.3 is 5.11 Å². The Bertz CT molecular complexity index is 440. The predicted octanol–water partition coefficient (Wildman–Crippen LogP) is -2.34. The van der Waals surface area contributed by atoms with Crippen LogP contribution in [0.1, 0.15) is 4.88 Å². The van der Waals surface area contributed by atoms with Crippen LogP contribution >= 0.6 is 11.3 Å². The van der Waals surface area contributed by atoms with Crippen LogP contribution in [0.4, 0.5) is 5.69 Å². The van der Waals surface area contributed by atoms with Crippen molar-refractivity contribution in [2.75, 3.05) is 0 Å². The minimum Gasteiger partial charge on any atom is -0.868 e. The molecule has 1 aromatic carbocycles. The van der Waals surface area contributed by atoms with Gasteiger partial charge in [-0.2, -0.15) is 0 Å². The first-order chi connectivity index (χ1) is 6.86. The Morgan fingerprint density at radius 2 is 1.93 bits per heavy atom. The molecule has 0 aliphatic carbocycles. The minimum absolute atomic E-state index is 0. The van der Waals surface area contributed by atoms with Crippen LogP contribution in [0.3, 0.4) is 0 Å². The number of hydrogen-bond acceptors (Lipinski definition) is 2. The minimum atomic E-state index is 0. The van der Waals surface area contributed by atoms with Crippen molar-refractivity contribution in [3.8, 4) is 5.75 Å². The molecule has 0 saturated heterocycles. The van der Waals surface area contributed by atoms with Gasteiger partial charge in [-0.3, -0.25) is 0 Å². The van der Waals surface area contributed by atoms with E-state index in [0.29, 0.717) is 5.69 Å². The molecule has 0 atom stereocenters. The predicted molar refractivity (Wildman–Crippen MR) is 56.0 cm³/mol. The summed E-state index contributed by atoms with van der Waals surface area (Å²) >= 11 is 1.63. The van der Waals surface area contributed by atoms with E-state index in [9.17, 15) is 5.11 Å². The van der Waals surface area contributed by atoms with Crippen molar-refractivity contribution < 1.29 is 29.0 Å². The van der Waals surface area contributed by atoms with Gasteiger partial charge in [-0.15, -0.1) is 11.3 Å². The monoisotopic (exact) mass is 210 g/mol. The molecule has 15 heavy (non-hydrogen) atoms. The van der Waals surface area contributed by atoms with Crippen LogP contribution in [0, 0.1) is 0 Å². The average molecular weight is 210 g/mol. The fourth-order valence-electron chi connectivity index (χ4n) is 1.11. The number of rotatable bonds is 2. The van der Waals surface area contributed by atoms with Gasteiger partial charge in [0.05, 0.1) is 4.88 Å². The molecule has 1 N–H and O–H groups in total. The fourth-order valence-corrected chi connectivity index (χ4v) is 1.71. The molecule has 2 nitrogen and oxygen atoms in total. The molecule has 0 spiro atoms. The van der Waals surface area contributed by atoms with E-state index in [4.69, 9.17) is 0 Å². The summed E-state index contributed by atoms with van der Waals surface area (Å²) < 4.78 is 0. The first-order valence-electron chi connectivity index (χ1n) is 4.25. The van der Waals surface area contributed by atoms with Crippen LogP contribution in [-0.4, -0.2) is 6.21 Å². The van der Waals surface area contributed by atoms with Crippen LogP contribution in [0.5, 0.6) is 5.75 Å². The molecule has 0 unspecified atom stereocenters. The topological polar surface area (TPSA) is 37.0 Å². The second-order valence-corrected chi connectivity index (χ2v) is 3.78. The van der Waals surface area contributed by atoms with Crippen LogP contribution in [0.15, 0.2) is 41.8 Å². The quantitative estimate of drug-likeness (QED) is 0.437. The molecule has 0 aliphatic rings. The zero-order valence-corrected chi connectivity index (χ0v) is 9.25. The number of benzene rings is 1. The molecule has 0 aliphatic heterocycles. The second kappa shape index (κ2) is 5.77. The Morgan fingerprint density at radius 3 is 2.60 bits per heavy atom. The summed E-state index contributed by atoms with van der Waals surface area (Å²) in [7, 11) is 0. The number of para-hydroxylation sites is 2. The smallest absolute Gasteiger partial charge is 0.868 e. The Balaban J connectivity index is 0.00000112. The second-order valence-electron chi connectivity index (χ2n) is 2.80. The van der Waals surface area contributed by atoms with Crippen LogP contribution in [-0.2, 0) is 0 Å². The van der Waals surface area contributed by atoms with Crippen molar-refractivity contribution >= 4 is 23.2 Å². The molecule has 0 radical (unpaired) electrons. The van der Waals surface area contributed by atoms with Gasteiger partial charge in [-0.25, -0.2) is 4.99 Å². The first kappa shape index (κ1) is 12.1. The summed E-state index contributed by atoms with van der Waals surface area (Å²) in [5, 5.41) is 13.3. The molecular formula is C11H9LiNOS+. The molecule has 4 heteroatoms. The van der Waals surface area contributed by atoms with Gasteiger partial charge >= 0.3 is 18.9 Å². The maximum atomic E-state index is 11.3. The SMILES string of the molecule is [Li+].[O-]c1ccccc1[NH+]=Cc1cccs1. The average Bonchev–Trinajstić information content (AvgIpc) is 2.69. The van der Waals surface area contributed by atoms with Crippen molar-refractivity contribution in [2.45, 2.75) is 0 Å². The summed E-state index contributed by atoms with van der Waals surface area (Å²) in [4.78, 5) is 4.09. The van der Waals surface area contributed by atoms with E-state index in [1.165, 1.54) is 0 Å². The molecule has 0 saturated carbocycles. The Labute approximate surface area is 104 Å². The summed E-state index contributed by atoms with van der Waals surface area (Å²) in [6.07, 6.45) is 1.83. The maximum absolute atomic E-state index is 11.3. The number of nitrogens with one attached hydrogen (secondary N) is 1. The molecule has 2 aromatic rings. The van der Waals surface area contributed by atoms with Gasteiger partial charge in [-0.05, 0) is 17.2 Å². The summed E-state index contributed by atoms with van der Waals surface area (Å²) in [6, 6.07) is 10.9. The zero-order valence-electron chi connectivity index (χ0n) is 8.44. The molecule has 70 valence electrons. The third kappa shape index (κ3) is 3.24.